The van der Waals surface area contributed by atoms with Gasteiger partial charge in [-0.1, -0.05) is 135 Å². The number of hydrogen-bond acceptors (Lipinski definition) is 2. The lowest BCUT2D eigenvalue weighted by Gasteiger charge is -2.30. The van der Waals surface area contributed by atoms with Crippen LogP contribution in [-0.4, -0.2) is 0 Å². The fourth-order valence-corrected chi connectivity index (χ4v) is 9.62. The lowest BCUT2D eigenvalue weighted by molar-refractivity contribution is 0.653. The van der Waals surface area contributed by atoms with Gasteiger partial charge >= 0.3 is 0 Å². The molecule has 1 aromatic heterocycles. The van der Waals surface area contributed by atoms with Crippen LogP contribution in [-0.2, 0) is 11.8 Å². The van der Waals surface area contributed by atoms with Crippen LogP contribution in [0.2, 0.25) is 0 Å². The maximum absolute atomic E-state index is 6.70. The first-order chi connectivity index (χ1) is 26.0. The first-order valence-electron chi connectivity index (χ1n) is 19.0. The van der Waals surface area contributed by atoms with E-state index in [-0.39, 0.29) is 5.41 Å². The van der Waals surface area contributed by atoms with Gasteiger partial charge in [0.15, 0.2) is 0 Å². The van der Waals surface area contributed by atoms with Gasteiger partial charge in [0, 0.05) is 44.7 Å². The van der Waals surface area contributed by atoms with Gasteiger partial charge in [-0.05, 0) is 111 Å². The molecule has 53 heavy (non-hydrogen) atoms. The number of benzene rings is 7. The summed E-state index contributed by atoms with van der Waals surface area (Å²) in [6.07, 6.45) is 14.9. The van der Waals surface area contributed by atoms with Gasteiger partial charge < -0.3 is 9.32 Å². The molecule has 0 amide bonds. The van der Waals surface area contributed by atoms with Gasteiger partial charge in [-0.15, -0.1) is 0 Å². The SMILES string of the molecule is CC1(C)c2ccc(N(C3=CCC(c4ccccc4)C=C3)c3ccc4c(c3)c3c(c5ccccc54)C=CCC3)cc2-c2c1ccc1c2oc2ccccc21. The zero-order chi connectivity index (χ0) is 35.3. The highest BCUT2D eigenvalue weighted by Crippen LogP contribution is 2.54. The first-order valence-corrected chi connectivity index (χ1v) is 19.0. The molecule has 8 aromatic rings. The minimum atomic E-state index is -0.148. The Kier molecular flexibility index (Phi) is 6.58. The molecule has 3 aliphatic rings. The number of nitrogens with zero attached hydrogens (tertiary/aromatic N) is 1. The van der Waals surface area contributed by atoms with Crippen LogP contribution >= 0.6 is 0 Å². The summed E-state index contributed by atoms with van der Waals surface area (Å²) in [6.45, 7) is 4.70. The molecular weight excluding hydrogens is 643 g/mol. The number of para-hydroxylation sites is 1. The molecule has 7 aromatic carbocycles. The topological polar surface area (TPSA) is 16.4 Å². The molecule has 1 unspecified atom stereocenters. The van der Waals surface area contributed by atoms with E-state index in [2.05, 4.69) is 177 Å². The van der Waals surface area contributed by atoms with Crippen molar-refractivity contribution in [2.45, 2.75) is 44.4 Å². The smallest absolute Gasteiger partial charge is 0.143 e. The third-order valence-electron chi connectivity index (χ3n) is 12.3. The van der Waals surface area contributed by atoms with E-state index in [0.717, 1.165) is 36.1 Å². The first kappa shape index (κ1) is 30.5. The van der Waals surface area contributed by atoms with Crippen LogP contribution in [0.15, 0.2) is 162 Å². The minimum Gasteiger partial charge on any atom is -0.455 e. The Balaban J connectivity index is 1.13. The number of hydrogen-bond donors (Lipinski definition) is 0. The third-order valence-corrected chi connectivity index (χ3v) is 12.3. The summed E-state index contributed by atoms with van der Waals surface area (Å²) in [4.78, 5) is 2.49. The number of fused-ring (bicyclic) bond motifs is 13. The largest absolute Gasteiger partial charge is 0.455 e. The summed E-state index contributed by atoms with van der Waals surface area (Å²) in [5.41, 5.74) is 14.6. The molecule has 2 heteroatoms. The highest BCUT2D eigenvalue weighted by molar-refractivity contribution is 6.14. The second-order valence-electron chi connectivity index (χ2n) is 15.5. The number of aryl methyl sites for hydroxylation is 1. The van der Waals surface area contributed by atoms with Crippen LogP contribution in [0.5, 0.6) is 0 Å². The Morgan fingerprint density at radius 2 is 1.36 bits per heavy atom. The predicted octanol–water partition coefficient (Wildman–Crippen LogP) is 13.9. The van der Waals surface area contributed by atoms with E-state index in [9.17, 15) is 0 Å². The van der Waals surface area contributed by atoms with Crippen LogP contribution in [0, 0.1) is 0 Å². The van der Waals surface area contributed by atoms with Gasteiger partial charge in [-0.3, -0.25) is 0 Å². The van der Waals surface area contributed by atoms with E-state index in [1.165, 1.54) is 82.6 Å². The van der Waals surface area contributed by atoms with Gasteiger partial charge in [0.05, 0.1) is 0 Å². The summed E-state index contributed by atoms with van der Waals surface area (Å²) < 4.78 is 6.70. The number of furan rings is 1. The van der Waals surface area contributed by atoms with Gasteiger partial charge in [-0.25, -0.2) is 0 Å². The normalized spacial score (nSPS) is 16.9. The lowest BCUT2D eigenvalue weighted by atomic mass is 9.82. The fraction of sp³-hybridized carbons (Fsp3) is 0.137. The maximum Gasteiger partial charge on any atom is 0.143 e. The summed E-state index contributed by atoms with van der Waals surface area (Å²) in [5, 5.41) is 7.69. The van der Waals surface area contributed by atoms with Gasteiger partial charge in [0.25, 0.3) is 0 Å². The number of rotatable bonds is 4. The highest BCUT2D eigenvalue weighted by Gasteiger charge is 2.38. The molecule has 0 radical (unpaired) electrons. The van der Waals surface area contributed by atoms with E-state index < -0.39 is 0 Å². The second-order valence-corrected chi connectivity index (χ2v) is 15.5. The molecule has 0 saturated carbocycles. The Hall–Kier alpha value is -6.12. The van der Waals surface area contributed by atoms with Crippen molar-refractivity contribution in [3.8, 4) is 11.1 Å². The van der Waals surface area contributed by atoms with Crippen LogP contribution in [0.3, 0.4) is 0 Å². The summed E-state index contributed by atoms with van der Waals surface area (Å²) in [5.74, 6) is 0.359. The molecule has 0 spiro atoms. The molecule has 0 aliphatic heterocycles. The van der Waals surface area contributed by atoms with Crippen LogP contribution in [0.25, 0.3) is 60.7 Å². The average molecular weight is 682 g/mol. The van der Waals surface area contributed by atoms with Crippen molar-refractivity contribution in [1.82, 2.24) is 0 Å². The van der Waals surface area contributed by atoms with Gasteiger partial charge in [-0.2, -0.15) is 0 Å². The van der Waals surface area contributed by atoms with E-state index in [1.807, 2.05) is 0 Å². The predicted molar refractivity (Wildman–Crippen MR) is 223 cm³/mol. The summed E-state index contributed by atoms with van der Waals surface area (Å²) >= 11 is 0. The van der Waals surface area contributed by atoms with Crippen molar-refractivity contribution >= 4 is 60.9 Å². The molecule has 0 N–H and O–H groups in total. The molecule has 254 valence electrons. The van der Waals surface area contributed by atoms with E-state index in [1.54, 1.807) is 0 Å². The molecular formula is C51H39NO. The monoisotopic (exact) mass is 681 g/mol. The third kappa shape index (κ3) is 4.51. The molecule has 1 atom stereocenters. The highest BCUT2D eigenvalue weighted by atomic mass is 16.3. The van der Waals surface area contributed by atoms with Crippen LogP contribution in [0.4, 0.5) is 11.4 Å². The van der Waals surface area contributed by atoms with E-state index >= 15 is 0 Å². The van der Waals surface area contributed by atoms with Crippen molar-refractivity contribution in [2.24, 2.45) is 0 Å². The standard InChI is InChI=1S/C51H39NO/c1-51(2)46-28-25-36(31-45(46)49-47(51)29-27-43-42-18-10-11-19-48(42)53-50(43)49)52(34-22-20-33(21-23-34)32-12-4-3-5-13-32)35-24-26-41-39-16-7-6-14-37(39)38-15-8-9-17-40(38)44(41)30-35/h3-8,10-16,18-20,22-31,33H,9,17,21H2,1-2H3. The minimum absolute atomic E-state index is 0.148. The molecule has 1 heterocycles. The average Bonchev–Trinajstić information content (AvgIpc) is 3.70. The van der Waals surface area contributed by atoms with Crippen LogP contribution in [0.1, 0.15) is 60.4 Å². The molecule has 2 nitrogen and oxygen atoms in total. The van der Waals surface area contributed by atoms with Gasteiger partial charge in [0.2, 0.25) is 0 Å². The zero-order valence-electron chi connectivity index (χ0n) is 30.1. The Labute approximate surface area is 310 Å². The van der Waals surface area contributed by atoms with E-state index in [0.29, 0.717) is 5.92 Å². The number of anilines is 2. The lowest BCUT2D eigenvalue weighted by Crippen LogP contribution is -2.18. The molecule has 0 bridgehead atoms. The zero-order valence-corrected chi connectivity index (χ0v) is 30.1. The molecule has 0 fully saturated rings. The summed E-state index contributed by atoms with van der Waals surface area (Å²) in [6, 6.07) is 47.1. The molecule has 0 saturated heterocycles. The van der Waals surface area contributed by atoms with Crippen molar-refractivity contribution in [1.29, 1.82) is 0 Å². The number of allylic oxidation sites excluding steroid dienone is 4. The Morgan fingerprint density at radius 3 is 2.21 bits per heavy atom. The van der Waals surface area contributed by atoms with Crippen LogP contribution < -0.4 is 4.90 Å². The van der Waals surface area contributed by atoms with Gasteiger partial charge in [0.1, 0.15) is 11.2 Å². The quantitative estimate of drug-likeness (QED) is 0.172. The maximum atomic E-state index is 6.70. The van der Waals surface area contributed by atoms with Crippen molar-refractivity contribution in [3.63, 3.8) is 0 Å². The van der Waals surface area contributed by atoms with Crippen molar-refractivity contribution < 1.29 is 4.42 Å². The Morgan fingerprint density at radius 1 is 0.642 bits per heavy atom. The molecule has 3 aliphatic carbocycles. The van der Waals surface area contributed by atoms with Crippen molar-refractivity contribution in [3.05, 3.63) is 185 Å². The molecule has 11 rings (SSSR count). The Bertz CT molecular complexity index is 2900. The second kappa shape index (κ2) is 11.4. The summed E-state index contributed by atoms with van der Waals surface area (Å²) in [7, 11) is 0. The van der Waals surface area contributed by atoms with Crippen molar-refractivity contribution in [2.75, 3.05) is 4.90 Å². The fourth-order valence-electron chi connectivity index (χ4n) is 9.62. The van der Waals surface area contributed by atoms with E-state index in [4.69, 9.17) is 4.42 Å².